The van der Waals surface area contributed by atoms with Gasteiger partial charge in [0.1, 0.15) is 11.6 Å². The molecule has 0 aliphatic rings. The van der Waals surface area contributed by atoms with Crippen molar-refractivity contribution in [1.29, 1.82) is 0 Å². The van der Waals surface area contributed by atoms with Gasteiger partial charge in [-0.1, -0.05) is 0 Å². The van der Waals surface area contributed by atoms with Crippen LogP contribution in [0, 0.1) is 11.6 Å². The maximum Gasteiger partial charge on any atom is 0.321 e. The van der Waals surface area contributed by atoms with E-state index in [1.54, 1.807) is 0 Å². The van der Waals surface area contributed by atoms with Gasteiger partial charge in [0, 0.05) is 26.1 Å². The summed E-state index contributed by atoms with van der Waals surface area (Å²) in [4.78, 5) is 23.9. The van der Waals surface area contributed by atoms with Crippen molar-refractivity contribution in [3.8, 4) is 0 Å². The largest absolute Gasteiger partial charge is 0.469 e. The first-order valence-electron chi connectivity index (χ1n) is 5.98. The number of nitrogens with one attached hydrogen (secondary N) is 1. The van der Waals surface area contributed by atoms with Gasteiger partial charge in [-0.15, -0.1) is 0 Å². The smallest absolute Gasteiger partial charge is 0.321 e. The summed E-state index contributed by atoms with van der Waals surface area (Å²) in [5.74, 6) is -1.92. The Kier molecular flexibility index (Phi) is 5.89. The Morgan fingerprint density at radius 3 is 2.65 bits per heavy atom. The minimum Gasteiger partial charge on any atom is -0.469 e. The Balaban J connectivity index is 2.47. The van der Waals surface area contributed by atoms with Crippen LogP contribution in [0.5, 0.6) is 0 Å². The maximum absolute atomic E-state index is 13.3. The zero-order valence-electron chi connectivity index (χ0n) is 11.3. The summed E-state index contributed by atoms with van der Waals surface area (Å²) in [6, 6.07) is 2.34. The van der Waals surface area contributed by atoms with Gasteiger partial charge in [-0.05, 0) is 18.6 Å². The molecule has 0 saturated heterocycles. The van der Waals surface area contributed by atoms with Gasteiger partial charge in [0.25, 0.3) is 0 Å². The van der Waals surface area contributed by atoms with Crippen molar-refractivity contribution in [2.24, 2.45) is 0 Å². The van der Waals surface area contributed by atoms with E-state index in [4.69, 9.17) is 0 Å². The summed E-state index contributed by atoms with van der Waals surface area (Å²) in [7, 11) is 2.80. The van der Waals surface area contributed by atoms with Gasteiger partial charge >= 0.3 is 12.0 Å². The molecule has 1 N–H and O–H groups in total. The van der Waals surface area contributed by atoms with Gasteiger partial charge < -0.3 is 15.0 Å². The number of anilines is 1. The van der Waals surface area contributed by atoms with Crippen molar-refractivity contribution in [3.63, 3.8) is 0 Å². The van der Waals surface area contributed by atoms with Crippen molar-refractivity contribution in [2.45, 2.75) is 12.8 Å². The van der Waals surface area contributed by atoms with Gasteiger partial charge in [-0.3, -0.25) is 4.79 Å². The lowest BCUT2D eigenvalue weighted by Crippen LogP contribution is -2.32. The molecular weight excluding hydrogens is 270 g/mol. The van der Waals surface area contributed by atoms with E-state index in [0.29, 0.717) is 19.0 Å². The van der Waals surface area contributed by atoms with Gasteiger partial charge in [0.15, 0.2) is 0 Å². The SMILES string of the molecule is COC(=O)CCCN(C)C(=O)Nc1ccc(F)cc1F. The molecule has 0 aliphatic carbocycles. The fourth-order valence-electron chi connectivity index (χ4n) is 1.47. The number of rotatable bonds is 5. The van der Waals surface area contributed by atoms with Gasteiger partial charge in [-0.2, -0.15) is 0 Å². The highest BCUT2D eigenvalue weighted by molar-refractivity contribution is 5.89. The predicted octanol–water partition coefficient (Wildman–Crippen LogP) is 2.38. The van der Waals surface area contributed by atoms with Gasteiger partial charge in [0.05, 0.1) is 12.8 Å². The molecule has 0 radical (unpaired) electrons. The van der Waals surface area contributed by atoms with Gasteiger partial charge in [0.2, 0.25) is 0 Å². The summed E-state index contributed by atoms with van der Waals surface area (Å²) in [6.07, 6.45) is 0.627. The number of nitrogens with zero attached hydrogens (tertiary/aromatic N) is 1. The molecule has 1 aromatic rings. The molecule has 0 saturated carbocycles. The molecule has 0 bridgehead atoms. The number of carbonyl (C=O) groups excluding carboxylic acids is 2. The fourth-order valence-corrected chi connectivity index (χ4v) is 1.47. The van der Waals surface area contributed by atoms with Crippen LogP contribution >= 0.6 is 0 Å². The highest BCUT2D eigenvalue weighted by atomic mass is 19.1. The summed E-state index contributed by atoms with van der Waals surface area (Å²) in [5, 5.41) is 2.32. The molecule has 0 aliphatic heterocycles. The van der Waals surface area contributed by atoms with Crippen LogP contribution in [0.2, 0.25) is 0 Å². The molecule has 0 heterocycles. The van der Waals surface area contributed by atoms with E-state index in [1.165, 1.54) is 19.1 Å². The Bertz CT molecular complexity index is 495. The van der Waals surface area contributed by atoms with Crippen molar-refractivity contribution in [3.05, 3.63) is 29.8 Å². The van der Waals surface area contributed by atoms with Crippen molar-refractivity contribution >= 4 is 17.7 Å². The number of amides is 2. The molecule has 0 aromatic heterocycles. The zero-order chi connectivity index (χ0) is 15.1. The molecular formula is C13H16F2N2O3. The third-order valence-corrected chi connectivity index (χ3v) is 2.62. The lowest BCUT2D eigenvalue weighted by Gasteiger charge is -2.17. The van der Waals surface area contributed by atoms with Crippen LogP contribution in [0.25, 0.3) is 0 Å². The zero-order valence-corrected chi connectivity index (χ0v) is 11.3. The number of ether oxygens (including phenoxy) is 1. The van der Waals surface area contributed by atoms with E-state index in [1.807, 2.05) is 0 Å². The standard InChI is InChI=1S/C13H16F2N2O3/c1-17(7-3-4-12(18)20-2)13(19)16-11-6-5-9(14)8-10(11)15/h5-6,8H,3-4,7H2,1-2H3,(H,16,19). The maximum atomic E-state index is 13.3. The lowest BCUT2D eigenvalue weighted by molar-refractivity contribution is -0.140. The molecule has 110 valence electrons. The number of carbonyl (C=O) groups is 2. The predicted molar refractivity (Wildman–Crippen MR) is 69.3 cm³/mol. The third kappa shape index (κ3) is 4.83. The van der Waals surface area contributed by atoms with E-state index < -0.39 is 17.7 Å². The highest BCUT2D eigenvalue weighted by Gasteiger charge is 2.12. The first-order chi connectivity index (χ1) is 9.43. The number of urea groups is 1. The number of methoxy groups -OCH3 is 1. The van der Waals surface area contributed by atoms with Crippen molar-refractivity contribution in [2.75, 3.05) is 26.0 Å². The number of benzene rings is 1. The average Bonchev–Trinajstić information content (AvgIpc) is 2.41. The number of esters is 1. The summed E-state index contributed by atoms with van der Waals surface area (Å²) < 4.78 is 30.5. The molecule has 1 aromatic carbocycles. The Morgan fingerprint density at radius 2 is 2.05 bits per heavy atom. The number of hydrogen-bond donors (Lipinski definition) is 1. The second-order valence-electron chi connectivity index (χ2n) is 4.16. The molecule has 7 heteroatoms. The molecule has 0 unspecified atom stereocenters. The topological polar surface area (TPSA) is 58.6 Å². The third-order valence-electron chi connectivity index (χ3n) is 2.62. The van der Waals surface area contributed by atoms with E-state index in [-0.39, 0.29) is 18.1 Å². The van der Waals surface area contributed by atoms with Crippen LogP contribution in [0.4, 0.5) is 19.3 Å². The van der Waals surface area contributed by atoms with Crippen LogP contribution < -0.4 is 5.32 Å². The quantitative estimate of drug-likeness (QED) is 0.845. The molecule has 0 spiro atoms. The normalized spacial score (nSPS) is 10.0. The summed E-state index contributed by atoms with van der Waals surface area (Å²) in [5.41, 5.74) is -0.101. The van der Waals surface area contributed by atoms with Gasteiger partial charge in [-0.25, -0.2) is 13.6 Å². The Morgan fingerprint density at radius 1 is 1.35 bits per heavy atom. The number of hydrogen-bond acceptors (Lipinski definition) is 3. The minimum absolute atomic E-state index is 0.101. The lowest BCUT2D eigenvalue weighted by atomic mass is 10.3. The summed E-state index contributed by atoms with van der Waals surface area (Å²) >= 11 is 0. The molecule has 1 rings (SSSR count). The van der Waals surface area contributed by atoms with Crippen molar-refractivity contribution in [1.82, 2.24) is 4.90 Å². The van der Waals surface area contributed by atoms with Crippen molar-refractivity contribution < 1.29 is 23.1 Å². The van der Waals surface area contributed by atoms with Crippen LogP contribution in [0.1, 0.15) is 12.8 Å². The average molecular weight is 286 g/mol. The van der Waals surface area contributed by atoms with E-state index in [0.717, 1.165) is 12.1 Å². The van der Waals surface area contributed by atoms with Crippen LogP contribution in [0.3, 0.4) is 0 Å². The molecule has 20 heavy (non-hydrogen) atoms. The van der Waals surface area contributed by atoms with E-state index >= 15 is 0 Å². The molecule has 5 nitrogen and oxygen atoms in total. The molecule has 0 atom stereocenters. The molecule has 0 fully saturated rings. The van der Waals surface area contributed by atoms with Crippen LogP contribution in [-0.4, -0.2) is 37.6 Å². The van der Waals surface area contributed by atoms with Crippen LogP contribution in [0.15, 0.2) is 18.2 Å². The minimum atomic E-state index is -0.846. The molecule has 2 amide bonds. The monoisotopic (exact) mass is 286 g/mol. The fraction of sp³-hybridized carbons (Fsp3) is 0.385. The Hall–Kier alpha value is -2.18. The van der Waals surface area contributed by atoms with E-state index in [2.05, 4.69) is 10.1 Å². The first-order valence-corrected chi connectivity index (χ1v) is 5.98. The highest BCUT2D eigenvalue weighted by Crippen LogP contribution is 2.15. The summed E-state index contributed by atoms with van der Waals surface area (Å²) in [6.45, 7) is 0.309. The second-order valence-corrected chi connectivity index (χ2v) is 4.16. The van der Waals surface area contributed by atoms with Crippen LogP contribution in [-0.2, 0) is 9.53 Å². The Labute approximate surface area is 115 Å². The number of halogens is 2. The second kappa shape index (κ2) is 7.42. The van der Waals surface area contributed by atoms with E-state index in [9.17, 15) is 18.4 Å². The first kappa shape index (κ1) is 15.9.